The van der Waals surface area contributed by atoms with E-state index in [4.69, 9.17) is 5.73 Å². The molecule has 0 amide bonds. The summed E-state index contributed by atoms with van der Waals surface area (Å²) in [5.41, 5.74) is 11.1. The molecular weight excluding hydrogens is 362 g/mol. The third-order valence-corrected chi connectivity index (χ3v) is 6.23. The summed E-state index contributed by atoms with van der Waals surface area (Å²) in [6.45, 7) is 2.10. The monoisotopic (exact) mass is 389 g/mol. The Labute approximate surface area is 169 Å². The summed E-state index contributed by atoms with van der Waals surface area (Å²) < 4.78 is 1.82. The van der Waals surface area contributed by atoms with Gasteiger partial charge in [0.1, 0.15) is 17.5 Å². The second kappa shape index (κ2) is 7.83. The predicted molar refractivity (Wildman–Crippen MR) is 115 cm³/mol. The second-order valence-corrected chi connectivity index (χ2v) is 8.17. The van der Waals surface area contributed by atoms with Crippen molar-refractivity contribution in [1.82, 2.24) is 30.1 Å². The maximum absolute atomic E-state index is 5.75. The average Bonchev–Trinajstić information content (AvgIpc) is 3.39. The summed E-state index contributed by atoms with van der Waals surface area (Å²) in [5, 5.41) is 13.6. The van der Waals surface area contributed by atoms with Crippen molar-refractivity contribution >= 4 is 22.2 Å². The van der Waals surface area contributed by atoms with Gasteiger partial charge in [0, 0.05) is 23.2 Å². The predicted octanol–water partition coefficient (Wildman–Crippen LogP) is 3.29. The van der Waals surface area contributed by atoms with Crippen LogP contribution in [0.15, 0.2) is 42.9 Å². The molecule has 4 N–H and O–H groups in total. The van der Waals surface area contributed by atoms with Crippen LogP contribution in [0.1, 0.15) is 42.9 Å². The zero-order chi connectivity index (χ0) is 19.6. The Balaban J connectivity index is 1.15. The van der Waals surface area contributed by atoms with E-state index in [0.29, 0.717) is 5.92 Å². The molecule has 1 saturated carbocycles. The number of nitrogens with zero attached hydrogens (tertiary/aromatic N) is 4. The molecule has 5 rings (SSSR count). The van der Waals surface area contributed by atoms with Crippen LogP contribution in [0.2, 0.25) is 0 Å². The highest BCUT2D eigenvalue weighted by Crippen LogP contribution is 2.37. The Morgan fingerprint density at radius 3 is 2.76 bits per heavy atom. The van der Waals surface area contributed by atoms with Gasteiger partial charge in [0.2, 0.25) is 0 Å². The Kier molecular flexibility index (Phi) is 4.89. The highest BCUT2D eigenvalue weighted by Gasteiger charge is 2.26. The summed E-state index contributed by atoms with van der Waals surface area (Å²) in [7, 11) is 0. The summed E-state index contributed by atoms with van der Waals surface area (Å²) in [4.78, 5) is 7.59. The number of hydrogen-bond acceptors (Lipinski definition) is 5. The smallest absolute Gasteiger partial charge is 0.141 e. The molecule has 0 spiro atoms. The topological polar surface area (TPSA) is 96.9 Å². The van der Waals surface area contributed by atoms with Crippen LogP contribution in [0.5, 0.6) is 0 Å². The lowest BCUT2D eigenvalue weighted by molar-refractivity contribution is 0.313. The highest BCUT2D eigenvalue weighted by atomic mass is 15.4. The molecule has 4 aromatic rings. The Hall–Kier alpha value is -2.93. The molecule has 7 nitrogen and oxygen atoms in total. The number of nitrogens with two attached hydrogens (primary N) is 1. The first-order chi connectivity index (χ1) is 14.3. The molecule has 150 valence electrons. The molecule has 3 aromatic heterocycles. The lowest BCUT2D eigenvalue weighted by Gasteiger charge is -2.27. The van der Waals surface area contributed by atoms with E-state index in [9.17, 15) is 0 Å². The molecule has 7 heteroatoms. The van der Waals surface area contributed by atoms with Crippen molar-refractivity contribution in [2.24, 2.45) is 5.92 Å². The van der Waals surface area contributed by atoms with Crippen molar-refractivity contribution < 1.29 is 0 Å². The first-order valence-corrected chi connectivity index (χ1v) is 10.5. The minimum Gasteiger partial charge on any atom is -0.399 e. The number of hydrogen-bond donors (Lipinski definition) is 3. The van der Waals surface area contributed by atoms with Crippen molar-refractivity contribution in [3.8, 4) is 0 Å². The van der Waals surface area contributed by atoms with Crippen LogP contribution in [0, 0.1) is 5.92 Å². The molecule has 0 radical (unpaired) electrons. The number of aromatic nitrogens is 5. The van der Waals surface area contributed by atoms with Gasteiger partial charge in [-0.2, -0.15) is 0 Å². The second-order valence-electron chi connectivity index (χ2n) is 8.17. The summed E-state index contributed by atoms with van der Waals surface area (Å²) >= 11 is 0. The standard InChI is InChI=1S/C22H27N7/c23-18-7-3-15(4-8-18)9-11-24-13-16-1-5-17(6-2-16)20-21-19-10-12-25-22(19)26-14-29(21)28-27-20/h3-4,7-8,10,12,14,16-17,24-25H,1-2,5-6,9,11,13,23H2/t16-,17-. The van der Waals surface area contributed by atoms with Gasteiger partial charge in [-0.05, 0) is 74.9 Å². The number of H-pyrrole nitrogens is 1. The van der Waals surface area contributed by atoms with Crippen LogP contribution < -0.4 is 11.1 Å². The Morgan fingerprint density at radius 1 is 1.10 bits per heavy atom. The van der Waals surface area contributed by atoms with Crippen LogP contribution in [0.3, 0.4) is 0 Å². The molecular formula is C22H27N7. The minimum absolute atomic E-state index is 0.485. The molecule has 0 unspecified atom stereocenters. The minimum atomic E-state index is 0.485. The average molecular weight is 390 g/mol. The summed E-state index contributed by atoms with van der Waals surface area (Å²) in [6.07, 6.45) is 9.55. The van der Waals surface area contributed by atoms with Crippen LogP contribution in [0.4, 0.5) is 5.69 Å². The Morgan fingerprint density at radius 2 is 1.93 bits per heavy atom. The number of fused-ring (bicyclic) bond motifs is 3. The largest absolute Gasteiger partial charge is 0.399 e. The molecule has 29 heavy (non-hydrogen) atoms. The molecule has 1 aliphatic rings. The van der Waals surface area contributed by atoms with E-state index < -0.39 is 0 Å². The number of benzene rings is 1. The van der Waals surface area contributed by atoms with Gasteiger partial charge in [-0.15, -0.1) is 5.10 Å². The zero-order valence-electron chi connectivity index (χ0n) is 16.5. The van der Waals surface area contributed by atoms with E-state index in [1.54, 1.807) is 6.33 Å². The maximum Gasteiger partial charge on any atom is 0.141 e. The Bertz CT molecular complexity index is 1090. The van der Waals surface area contributed by atoms with Gasteiger partial charge >= 0.3 is 0 Å². The van der Waals surface area contributed by atoms with Gasteiger partial charge in [0.25, 0.3) is 0 Å². The fourth-order valence-electron chi connectivity index (χ4n) is 4.56. The van der Waals surface area contributed by atoms with Crippen molar-refractivity contribution in [1.29, 1.82) is 0 Å². The lowest BCUT2D eigenvalue weighted by Crippen LogP contribution is -2.27. The van der Waals surface area contributed by atoms with Gasteiger partial charge < -0.3 is 16.0 Å². The SMILES string of the molecule is Nc1ccc(CCNC[C@H]2CC[C@H](c3nnn4cnc5[nH]ccc5c34)CC2)cc1. The van der Waals surface area contributed by atoms with E-state index in [0.717, 1.165) is 53.4 Å². The number of aromatic amines is 1. The zero-order valence-corrected chi connectivity index (χ0v) is 16.5. The maximum atomic E-state index is 5.75. The molecule has 0 saturated heterocycles. The van der Waals surface area contributed by atoms with Crippen LogP contribution in [0.25, 0.3) is 16.6 Å². The van der Waals surface area contributed by atoms with Crippen molar-refractivity contribution in [2.75, 3.05) is 18.8 Å². The highest BCUT2D eigenvalue weighted by molar-refractivity contribution is 5.92. The van der Waals surface area contributed by atoms with Crippen LogP contribution in [-0.4, -0.2) is 37.9 Å². The lowest BCUT2D eigenvalue weighted by atomic mass is 9.80. The fraction of sp³-hybridized carbons (Fsp3) is 0.409. The quantitative estimate of drug-likeness (QED) is 0.347. The molecule has 1 aromatic carbocycles. The van der Waals surface area contributed by atoms with E-state index in [1.165, 1.54) is 31.2 Å². The van der Waals surface area contributed by atoms with Gasteiger partial charge in [0.05, 0.1) is 5.69 Å². The van der Waals surface area contributed by atoms with Gasteiger partial charge in [-0.25, -0.2) is 9.50 Å². The van der Waals surface area contributed by atoms with Gasteiger partial charge in [-0.3, -0.25) is 0 Å². The number of rotatable bonds is 6. The third kappa shape index (κ3) is 3.70. The third-order valence-electron chi connectivity index (χ3n) is 6.23. The summed E-state index contributed by atoms with van der Waals surface area (Å²) in [6, 6.07) is 10.2. The molecule has 0 aliphatic heterocycles. The molecule has 1 aliphatic carbocycles. The van der Waals surface area contributed by atoms with Crippen molar-refractivity contribution in [2.45, 2.75) is 38.0 Å². The van der Waals surface area contributed by atoms with E-state index in [-0.39, 0.29) is 0 Å². The fourth-order valence-corrected chi connectivity index (χ4v) is 4.56. The van der Waals surface area contributed by atoms with E-state index >= 15 is 0 Å². The molecule has 3 heterocycles. The van der Waals surface area contributed by atoms with Crippen LogP contribution >= 0.6 is 0 Å². The van der Waals surface area contributed by atoms with Crippen molar-refractivity contribution in [3.63, 3.8) is 0 Å². The van der Waals surface area contributed by atoms with E-state index in [2.05, 4.69) is 43.8 Å². The number of anilines is 1. The van der Waals surface area contributed by atoms with Crippen molar-refractivity contribution in [3.05, 3.63) is 54.1 Å². The first kappa shape index (κ1) is 18.1. The van der Waals surface area contributed by atoms with E-state index in [1.807, 2.05) is 22.8 Å². The first-order valence-electron chi connectivity index (χ1n) is 10.5. The number of nitrogens with one attached hydrogen (secondary N) is 2. The normalized spacial score (nSPS) is 19.9. The molecule has 0 atom stereocenters. The van der Waals surface area contributed by atoms with Gasteiger partial charge in [0.15, 0.2) is 0 Å². The summed E-state index contributed by atoms with van der Waals surface area (Å²) in [5.74, 6) is 1.23. The molecule has 0 bridgehead atoms. The van der Waals surface area contributed by atoms with Crippen LogP contribution in [-0.2, 0) is 6.42 Å². The van der Waals surface area contributed by atoms with Gasteiger partial charge in [-0.1, -0.05) is 17.3 Å². The number of nitrogen functional groups attached to an aromatic ring is 1. The molecule has 1 fully saturated rings.